The summed E-state index contributed by atoms with van der Waals surface area (Å²) in [4.78, 5) is 81.6. The number of aromatic nitrogens is 4. The molecule has 4 N–H and O–H groups in total. The van der Waals surface area contributed by atoms with Gasteiger partial charge in [0.2, 0.25) is 17.8 Å². The molecule has 0 saturated carbocycles. The van der Waals surface area contributed by atoms with Gasteiger partial charge in [0.1, 0.15) is 22.6 Å². The number of pyridine rings is 2. The number of hydrogen-bond acceptors (Lipinski definition) is 13. The number of piperazine rings is 1. The zero-order valence-electron chi connectivity index (χ0n) is 31.2. The van der Waals surface area contributed by atoms with Gasteiger partial charge in [0.25, 0.3) is 17.4 Å². The van der Waals surface area contributed by atoms with Crippen LogP contribution in [0, 0.1) is 5.92 Å². The van der Waals surface area contributed by atoms with E-state index in [1.54, 1.807) is 31.4 Å². The molecule has 3 saturated heterocycles. The van der Waals surface area contributed by atoms with Crippen LogP contribution < -0.4 is 41.4 Å². The number of fused-ring (bicyclic) bond motifs is 1. The van der Waals surface area contributed by atoms with E-state index in [9.17, 15) is 24.0 Å². The van der Waals surface area contributed by atoms with Gasteiger partial charge in [-0.15, -0.1) is 0 Å². The number of piperidine rings is 2. The molecule has 0 spiro atoms. The monoisotopic (exact) mass is 785 g/mol. The minimum absolute atomic E-state index is 0.0735. The quantitative estimate of drug-likeness (QED) is 0.161. The molecule has 18 heteroatoms. The van der Waals surface area contributed by atoms with E-state index >= 15 is 0 Å². The molecule has 7 rings (SSSR count). The lowest BCUT2D eigenvalue weighted by Gasteiger charge is -2.39. The summed E-state index contributed by atoms with van der Waals surface area (Å²) in [6, 6.07) is 11.7. The van der Waals surface area contributed by atoms with E-state index in [-0.39, 0.29) is 48.3 Å². The lowest BCUT2D eigenvalue weighted by atomic mass is 9.96. The first kappa shape index (κ1) is 38.5. The molecule has 17 nitrogen and oxygen atoms in total. The number of carbonyl (C=O) groups is 4. The van der Waals surface area contributed by atoms with Crippen LogP contribution in [-0.2, 0) is 21.4 Å². The van der Waals surface area contributed by atoms with Crippen molar-refractivity contribution >= 4 is 69.4 Å². The molecule has 4 aromatic rings. The smallest absolute Gasteiger partial charge is 0.293 e. The fourth-order valence-corrected chi connectivity index (χ4v) is 7.35. The maximum atomic E-state index is 12.9. The van der Waals surface area contributed by atoms with E-state index < -0.39 is 17.9 Å². The molecule has 3 fully saturated rings. The van der Waals surface area contributed by atoms with Gasteiger partial charge in [-0.1, -0.05) is 17.7 Å². The van der Waals surface area contributed by atoms with E-state index in [2.05, 4.69) is 45.9 Å². The van der Waals surface area contributed by atoms with Crippen LogP contribution in [0.3, 0.4) is 0 Å². The topological polar surface area (TPSA) is 196 Å². The Morgan fingerprint density at radius 1 is 0.964 bits per heavy atom. The molecule has 6 heterocycles. The number of aryl methyl sites for hydroxylation is 1. The molecule has 0 aliphatic carbocycles. The Balaban J connectivity index is 0.903. The zero-order valence-corrected chi connectivity index (χ0v) is 32.0. The molecule has 3 aromatic heterocycles. The molecule has 0 radical (unpaired) electrons. The van der Waals surface area contributed by atoms with Crippen LogP contribution in [0.4, 0.5) is 23.3 Å². The number of likely N-dealkylation sites (N-methyl/N-ethyl adjacent to an activating group) is 1. The summed E-state index contributed by atoms with van der Waals surface area (Å²) in [6.45, 7) is 5.64. The van der Waals surface area contributed by atoms with Crippen molar-refractivity contribution in [2.45, 2.75) is 31.7 Å². The predicted molar refractivity (Wildman–Crippen MR) is 211 cm³/mol. The third-order valence-electron chi connectivity index (χ3n) is 10.4. The van der Waals surface area contributed by atoms with Crippen molar-refractivity contribution in [2.75, 3.05) is 74.6 Å². The number of benzene rings is 1. The summed E-state index contributed by atoms with van der Waals surface area (Å²) in [6.07, 6.45) is 4.05. The molecule has 1 unspecified atom stereocenters. The Hall–Kier alpha value is -5.81. The summed E-state index contributed by atoms with van der Waals surface area (Å²) < 4.78 is 6.97. The molecule has 294 valence electrons. The highest BCUT2D eigenvalue weighted by molar-refractivity contribution is 6.33. The van der Waals surface area contributed by atoms with Gasteiger partial charge in [-0.2, -0.15) is 4.98 Å². The normalized spacial score (nSPS) is 18.1. The fourth-order valence-electron chi connectivity index (χ4n) is 7.21. The first-order chi connectivity index (χ1) is 27.0. The highest BCUT2D eigenvalue weighted by Crippen LogP contribution is 2.29. The lowest BCUT2D eigenvalue weighted by molar-refractivity contribution is -0.134. The van der Waals surface area contributed by atoms with Gasteiger partial charge in [-0.25, -0.2) is 9.97 Å². The van der Waals surface area contributed by atoms with Crippen molar-refractivity contribution < 1.29 is 23.9 Å². The Morgan fingerprint density at radius 3 is 2.50 bits per heavy atom. The molecule has 3 aliphatic rings. The minimum Gasteiger partial charge on any atom is -0.478 e. The molecule has 1 aromatic carbocycles. The van der Waals surface area contributed by atoms with Crippen LogP contribution in [0.5, 0.6) is 5.75 Å². The molecule has 3 aliphatic heterocycles. The van der Waals surface area contributed by atoms with Gasteiger partial charge in [0.05, 0.1) is 11.7 Å². The zero-order chi connectivity index (χ0) is 39.3. The number of imide groups is 1. The number of nitrogens with one attached hydrogen (secondary N) is 4. The van der Waals surface area contributed by atoms with Crippen LogP contribution in [0.25, 0.3) is 10.9 Å². The standard InChI is InChI=1S/C38H44ClN11O6/c1-40-33(52)22-56-30-19-24-18-25(6-8-29(24)47(2)37(30)55)42-34-26(39)20-41-38(46-34)50-16-14-48(15-17-50)21-23-10-12-49(13-11-23)31-5-3-4-27(43-31)35(53)44-28-7-9-32(51)45-36(28)54/h3-6,8,18-20,23,28H,7,9-17,21-22H2,1-2H3,(H,40,52)(H,44,53)(H,41,42,46)(H,45,51,54). The van der Waals surface area contributed by atoms with Crippen molar-refractivity contribution in [1.29, 1.82) is 0 Å². The summed E-state index contributed by atoms with van der Waals surface area (Å²) >= 11 is 6.54. The highest BCUT2D eigenvalue weighted by atomic mass is 35.5. The van der Waals surface area contributed by atoms with Crippen molar-refractivity contribution in [3.8, 4) is 5.75 Å². The number of carbonyl (C=O) groups excluding carboxylic acids is 4. The SMILES string of the molecule is CNC(=O)COc1cc2cc(Nc3nc(N4CCN(CC5CCN(c6cccc(C(=O)NC7CCC(=O)NC7=O)n6)CC5)CC4)ncc3Cl)ccc2n(C)c1=O. The molecular weight excluding hydrogens is 742 g/mol. The van der Waals surface area contributed by atoms with Gasteiger partial charge in [0, 0.05) is 77.4 Å². The summed E-state index contributed by atoms with van der Waals surface area (Å²) in [5.41, 5.74) is 1.30. The molecule has 1 atom stereocenters. The predicted octanol–water partition coefficient (Wildman–Crippen LogP) is 1.82. The third-order valence-corrected chi connectivity index (χ3v) is 10.7. The molecular formula is C38H44ClN11O6. The fraction of sp³-hybridized carbons (Fsp3) is 0.421. The van der Waals surface area contributed by atoms with E-state index in [1.807, 2.05) is 24.3 Å². The number of ether oxygens (including phenoxy) is 1. The van der Waals surface area contributed by atoms with E-state index in [4.69, 9.17) is 21.3 Å². The largest absolute Gasteiger partial charge is 0.478 e. The molecule has 56 heavy (non-hydrogen) atoms. The second kappa shape index (κ2) is 16.9. The van der Waals surface area contributed by atoms with Crippen LogP contribution >= 0.6 is 11.6 Å². The van der Waals surface area contributed by atoms with Crippen molar-refractivity contribution in [3.63, 3.8) is 0 Å². The second-order valence-corrected chi connectivity index (χ2v) is 14.6. The third kappa shape index (κ3) is 8.84. The molecule has 0 bridgehead atoms. The first-order valence-corrected chi connectivity index (χ1v) is 19.0. The van der Waals surface area contributed by atoms with Gasteiger partial charge < -0.3 is 35.1 Å². The number of halogens is 1. The first-order valence-electron chi connectivity index (χ1n) is 18.6. The van der Waals surface area contributed by atoms with Gasteiger partial charge >= 0.3 is 0 Å². The minimum atomic E-state index is -0.751. The maximum Gasteiger partial charge on any atom is 0.293 e. The maximum absolute atomic E-state index is 12.9. The number of amides is 4. The van der Waals surface area contributed by atoms with Crippen molar-refractivity contribution in [2.24, 2.45) is 13.0 Å². The van der Waals surface area contributed by atoms with Crippen LogP contribution in [-0.4, -0.2) is 114 Å². The number of rotatable bonds is 11. The Morgan fingerprint density at radius 2 is 1.75 bits per heavy atom. The van der Waals surface area contributed by atoms with Gasteiger partial charge in [-0.05, 0) is 61.6 Å². The number of hydrogen-bond donors (Lipinski definition) is 4. The Bertz CT molecular complexity index is 2200. The number of nitrogens with zero attached hydrogens (tertiary/aromatic N) is 7. The summed E-state index contributed by atoms with van der Waals surface area (Å²) in [5, 5.41) is 11.8. The van der Waals surface area contributed by atoms with Crippen molar-refractivity contribution in [3.05, 3.63) is 69.7 Å². The van der Waals surface area contributed by atoms with Crippen LogP contribution in [0.15, 0.2) is 53.5 Å². The molecule has 4 amide bonds. The van der Waals surface area contributed by atoms with Crippen LogP contribution in [0.1, 0.15) is 36.2 Å². The number of anilines is 4. The van der Waals surface area contributed by atoms with Crippen molar-refractivity contribution in [1.82, 2.24) is 40.4 Å². The summed E-state index contributed by atoms with van der Waals surface area (Å²) in [7, 11) is 3.15. The average Bonchev–Trinajstić information content (AvgIpc) is 3.21. The van der Waals surface area contributed by atoms with E-state index in [0.717, 1.165) is 69.9 Å². The van der Waals surface area contributed by atoms with E-state index in [1.165, 1.54) is 11.6 Å². The van der Waals surface area contributed by atoms with Crippen LogP contribution in [0.2, 0.25) is 5.02 Å². The Labute approximate surface area is 327 Å². The summed E-state index contributed by atoms with van der Waals surface area (Å²) in [5.74, 6) is 0.779. The lowest BCUT2D eigenvalue weighted by Crippen LogP contribution is -2.52. The van der Waals surface area contributed by atoms with E-state index in [0.29, 0.717) is 33.9 Å². The highest BCUT2D eigenvalue weighted by Gasteiger charge is 2.29. The second-order valence-electron chi connectivity index (χ2n) is 14.2. The average molecular weight is 786 g/mol. The van der Waals surface area contributed by atoms with Gasteiger partial charge in [-0.3, -0.25) is 34.2 Å². The Kier molecular flexibility index (Phi) is 11.6. The van der Waals surface area contributed by atoms with Gasteiger partial charge in [0.15, 0.2) is 18.2 Å².